The predicted octanol–water partition coefficient (Wildman–Crippen LogP) is 1.30. The van der Waals surface area contributed by atoms with Crippen LogP contribution in [-0.2, 0) is 0 Å². The molecule has 0 unspecified atom stereocenters. The molecular formula is C5H10IN. The van der Waals surface area contributed by atoms with E-state index in [1.54, 1.807) is 0 Å². The number of alkyl halides is 1. The maximum atomic E-state index is 5.55. The summed E-state index contributed by atoms with van der Waals surface area (Å²) in [6.07, 6.45) is 2.40. The van der Waals surface area contributed by atoms with Gasteiger partial charge in [0.05, 0.1) is 0 Å². The largest absolute Gasteiger partial charge is 0.328 e. The summed E-state index contributed by atoms with van der Waals surface area (Å²) in [6.45, 7) is 2.25. The van der Waals surface area contributed by atoms with Crippen LogP contribution >= 0.6 is 22.6 Å². The second kappa shape index (κ2) is 1.58. The van der Waals surface area contributed by atoms with E-state index >= 15 is 0 Å². The van der Waals surface area contributed by atoms with Gasteiger partial charge in [0, 0.05) is 9.46 Å². The average molecular weight is 211 g/mol. The molecule has 1 saturated carbocycles. The van der Waals surface area contributed by atoms with Gasteiger partial charge in [-0.05, 0) is 12.8 Å². The number of halogens is 1. The van der Waals surface area contributed by atoms with Crippen LogP contribution in [0.15, 0.2) is 0 Å². The van der Waals surface area contributed by atoms with E-state index in [0.717, 1.165) is 0 Å². The molecule has 0 bridgehead atoms. The van der Waals surface area contributed by atoms with Crippen LogP contribution in [0.25, 0.3) is 0 Å². The average Bonchev–Trinajstić information content (AvgIpc) is 1.27. The zero-order valence-corrected chi connectivity index (χ0v) is 6.60. The van der Waals surface area contributed by atoms with Gasteiger partial charge >= 0.3 is 0 Å². The number of hydrogen-bond acceptors (Lipinski definition) is 1. The Balaban J connectivity index is 2.29. The van der Waals surface area contributed by atoms with Crippen LogP contribution in [-0.4, -0.2) is 9.46 Å². The van der Waals surface area contributed by atoms with Crippen molar-refractivity contribution in [3.63, 3.8) is 0 Å². The van der Waals surface area contributed by atoms with Crippen molar-refractivity contribution >= 4 is 22.6 Å². The molecule has 0 aromatic carbocycles. The van der Waals surface area contributed by atoms with Gasteiger partial charge in [-0.25, -0.2) is 0 Å². The van der Waals surface area contributed by atoms with Gasteiger partial charge < -0.3 is 5.73 Å². The molecule has 42 valence electrons. The fourth-order valence-corrected chi connectivity index (χ4v) is 2.16. The van der Waals surface area contributed by atoms with Gasteiger partial charge in [-0.2, -0.15) is 0 Å². The van der Waals surface area contributed by atoms with Crippen LogP contribution in [0, 0.1) is 0 Å². The lowest BCUT2D eigenvalue weighted by atomic mass is 9.82. The number of hydrogen-bond donors (Lipinski definition) is 1. The Kier molecular flexibility index (Phi) is 1.32. The molecule has 0 aromatic rings. The standard InChI is InChI=1S/C5H10IN/c1-5(6)2-4(7)3-5/h4H,2-3,7H2,1H3. The van der Waals surface area contributed by atoms with Gasteiger partial charge in [0.1, 0.15) is 0 Å². The van der Waals surface area contributed by atoms with Gasteiger partial charge in [0.15, 0.2) is 0 Å². The highest BCUT2D eigenvalue weighted by Gasteiger charge is 2.34. The Morgan fingerprint density at radius 3 is 2.14 bits per heavy atom. The molecule has 0 aliphatic heterocycles. The lowest BCUT2D eigenvalue weighted by molar-refractivity contribution is 0.348. The maximum absolute atomic E-state index is 5.55. The van der Waals surface area contributed by atoms with Crippen molar-refractivity contribution in [3.8, 4) is 0 Å². The van der Waals surface area contributed by atoms with Crippen molar-refractivity contribution in [2.45, 2.75) is 29.2 Å². The van der Waals surface area contributed by atoms with E-state index in [0.29, 0.717) is 9.46 Å². The van der Waals surface area contributed by atoms with Crippen LogP contribution in [0.3, 0.4) is 0 Å². The summed E-state index contributed by atoms with van der Waals surface area (Å²) in [7, 11) is 0. The summed E-state index contributed by atoms with van der Waals surface area (Å²) in [6, 6.07) is 0.502. The molecule has 0 amide bonds. The smallest absolute Gasteiger partial charge is 0.0223 e. The second-order valence-electron chi connectivity index (χ2n) is 2.58. The first-order valence-corrected chi connectivity index (χ1v) is 3.62. The van der Waals surface area contributed by atoms with Crippen LogP contribution in [0.1, 0.15) is 19.8 Å². The zero-order valence-electron chi connectivity index (χ0n) is 4.45. The molecule has 1 fully saturated rings. The minimum absolute atomic E-state index is 0.502. The van der Waals surface area contributed by atoms with Crippen LogP contribution in [0.5, 0.6) is 0 Å². The molecule has 0 saturated heterocycles. The Morgan fingerprint density at radius 2 is 2.14 bits per heavy atom. The minimum atomic E-state index is 0.502. The third-order valence-corrected chi connectivity index (χ3v) is 2.26. The molecule has 0 spiro atoms. The fraction of sp³-hybridized carbons (Fsp3) is 1.00. The van der Waals surface area contributed by atoms with Crippen molar-refractivity contribution in [2.24, 2.45) is 5.73 Å². The molecule has 0 radical (unpaired) electrons. The Labute approximate surface area is 57.8 Å². The molecule has 1 aliphatic carbocycles. The highest BCUT2D eigenvalue weighted by atomic mass is 127. The SMILES string of the molecule is CC1(I)CC(N)C1. The lowest BCUT2D eigenvalue weighted by Gasteiger charge is -2.38. The molecule has 1 nitrogen and oxygen atoms in total. The summed E-state index contributed by atoms with van der Waals surface area (Å²) in [4.78, 5) is 0. The van der Waals surface area contributed by atoms with E-state index < -0.39 is 0 Å². The molecular weight excluding hydrogens is 201 g/mol. The Hall–Kier alpha value is 0.690. The monoisotopic (exact) mass is 211 g/mol. The van der Waals surface area contributed by atoms with Gasteiger partial charge in [-0.3, -0.25) is 0 Å². The van der Waals surface area contributed by atoms with E-state index in [1.807, 2.05) is 0 Å². The van der Waals surface area contributed by atoms with Crippen LogP contribution in [0.4, 0.5) is 0 Å². The van der Waals surface area contributed by atoms with E-state index in [9.17, 15) is 0 Å². The van der Waals surface area contributed by atoms with Crippen molar-refractivity contribution in [2.75, 3.05) is 0 Å². The zero-order chi connectivity index (χ0) is 5.49. The van der Waals surface area contributed by atoms with Gasteiger partial charge in [0.25, 0.3) is 0 Å². The van der Waals surface area contributed by atoms with Crippen molar-refractivity contribution < 1.29 is 0 Å². The van der Waals surface area contributed by atoms with Gasteiger partial charge in [0.2, 0.25) is 0 Å². The summed E-state index contributed by atoms with van der Waals surface area (Å²) >= 11 is 2.46. The molecule has 1 rings (SSSR count). The minimum Gasteiger partial charge on any atom is -0.328 e. The third-order valence-electron chi connectivity index (χ3n) is 1.38. The summed E-state index contributed by atoms with van der Waals surface area (Å²) in [5.74, 6) is 0. The summed E-state index contributed by atoms with van der Waals surface area (Å²) < 4.78 is 0.539. The van der Waals surface area contributed by atoms with Gasteiger partial charge in [-0.1, -0.05) is 29.5 Å². The fourth-order valence-electron chi connectivity index (χ4n) is 1.03. The van der Waals surface area contributed by atoms with Crippen molar-refractivity contribution in [1.29, 1.82) is 0 Å². The quantitative estimate of drug-likeness (QED) is 0.474. The highest BCUT2D eigenvalue weighted by Crippen LogP contribution is 2.38. The topological polar surface area (TPSA) is 26.0 Å². The van der Waals surface area contributed by atoms with Crippen molar-refractivity contribution in [1.82, 2.24) is 0 Å². The first kappa shape index (κ1) is 5.82. The summed E-state index contributed by atoms with van der Waals surface area (Å²) in [5, 5.41) is 0. The van der Waals surface area contributed by atoms with Crippen LogP contribution in [0.2, 0.25) is 0 Å². The predicted molar refractivity (Wildman–Crippen MR) is 39.6 cm³/mol. The van der Waals surface area contributed by atoms with E-state index in [2.05, 4.69) is 29.5 Å². The van der Waals surface area contributed by atoms with E-state index in [4.69, 9.17) is 5.73 Å². The molecule has 1 aliphatic rings. The maximum Gasteiger partial charge on any atom is 0.0223 e. The molecule has 0 atom stereocenters. The highest BCUT2D eigenvalue weighted by molar-refractivity contribution is 14.1. The number of nitrogens with two attached hydrogens (primary N) is 1. The normalized spacial score (nSPS) is 51.0. The molecule has 0 aromatic heterocycles. The molecule has 2 heteroatoms. The molecule has 7 heavy (non-hydrogen) atoms. The Bertz CT molecular complexity index is 72.1. The third kappa shape index (κ3) is 1.29. The van der Waals surface area contributed by atoms with E-state index in [1.165, 1.54) is 12.8 Å². The lowest BCUT2D eigenvalue weighted by Crippen LogP contribution is -2.44. The molecule has 0 heterocycles. The van der Waals surface area contributed by atoms with Gasteiger partial charge in [-0.15, -0.1) is 0 Å². The number of rotatable bonds is 0. The first-order valence-electron chi connectivity index (χ1n) is 2.55. The van der Waals surface area contributed by atoms with Crippen LogP contribution < -0.4 is 5.73 Å². The summed E-state index contributed by atoms with van der Waals surface area (Å²) in [5.41, 5.74) is 5.55. The van der Waals surface area contributed by atoms with E-state index in [-0.39, 0.29) is 0 Å². The first-order chi connectivity index (χ1) is 3.10. The van der Waals surface area contributed by atoms with Crippen molar-refractivity contribution in [3.05, 3.63) is 0 Å². The second-order valence-corrected chi connectivity index (χ2v) is 5.19. The molecule has 2 N–H and O–H groups in total. The Morgan fingerprint density at radius 1 is 1.71 bits per heavy atom.